The maximum absolute atomic E-state index is 7.05. The maximum Gasteiger partial charge on any atom is 0.0441 e. The Labute approximate surface area is 124 Å². The van der Waals surface area contributed by atoms with E-state index >= 15 is 0 Å². The van der Waals surface area contributed by atoms with Crippen molar-refractivity contribution in [2.24, 2.45) is 23.5 Å². The topological polar surface area (TPSA) is 26.0 Å². The molecule has 0 saturated heterocycles. The molecule has 1 aromatic carbocycles. The summed E-state index contributed by atoms with van der Waals surface area (Å²) in [5.41, 5.74) is 9.96. The minimum absolute atomic E-state index is 0.0680. The smallest absolute Gasteiger partial charge is 0.0441 e. The standard InChI is InChI=1S/C19H29N/c1-14-10-11-17(13-15(14)2)19(20)12-6-5-8-16-7-3-4-9-18(16)19/h3-4,7,9,14-15,17H,5-6,8,10-13,20H2,1-2H3. The van der Waals surface area contributed by atoms with Gasteiger partial charge in [0.2, 0.25) is 0 Å². The van der Waals surface area contributed by atoms with Gasteiger partial charge in [-0.3, -0.25) is 0 Å². The van der Waals surface area contributed by atoms with E-state index in [2.05, 4.69) is 38.1 Å². The van der Waals surface area contributed by atoms with Crippen molar-refractivity contribution in [1.82, 2.24) is 0 Å². The summed E-state index contributed by atoms with van der Waals surface area (Å²) >= 11 is 0. The van der Waals surface area contributed by atoms with Crippen LogP contribution in [0.2, 0.25) is 0 Å². The molecule has 0 heterocycles. The van der Waals surface area contributed by atoms with Crippen molar-refractivity contribution < 1.29 is 0 Å². The Hall–Kier alpha value is -0.820. The fraction of sp³-hybridized carbons (Fsp3) is 0.684. The van der Waals surface area contributed by atoms with Crippen LogP contribution in [0, 0.1) is 17.8 Å². The van der Waals surface area contributed by atoms with Crippen molar-refractivity contribution in [3.8, 4) is 0 Å². The molecular weight excluding hydrogens is 242 g/mol. The molecule has 4 unspecified atom stereocenters. The molecule has 3 rings (SSSR count). The first-order chi connectivity index (χ1) is 9.61. The largest absolute Gasteiger partial charge is 0.321 e. The van der Waals surface area contributed by atoms with Crippen LogP contribution in [0.3, 0.4) is 0 Å². The lowest BCUT2D eigenvalue weighted by molar-refractivity contribution is 0.125. The van der Waals surface area contributed by atoms with E-state index in [1.807, 2.05) is 0 Å². The molecule has 1 saturated carbocycles. The number of benzene rings is 1. The molecule has 4 atom stereocenters. The number of fused-ring (bicyclic) bond motifs is 1. The van der Waals surface area contributed by atoms with E-state index in [-0.39, 0.29) is 5.54 Å². The molecule has 0 aromatic heterocycles. The molecule has 0 spiro atoms. The van der Waals surface area contributed by atoms with Gasteiger partial charge < -0.3 is 5.73 Å². The van der Waals surface area contributed by atoms with Crippen molar-refractivity contribution in [2.45, 2.75) is 64.3 Å². The highest BCUT2D eigenvalue weighted by molar-refractivity contribution is 5.35. The van der Waals surface area contributed by atoms with Crippen LogP contribution < -0.4 is 5.73 Å². The van der Waals surface area contributed by atoms with Crippen LogP contribution in [0.1, 0.15) is 63.5 Å². The van der Waals surface area contributed by atoms with Crippen LogP contribution in [-0.4, -0.2) is 0 Å². The normalized spacial score (nSPS) is 38.0. The Balaban J connectivity index is 1.94. The van der Waals surface area contributed by atoms with Gasteiger partial charge in [0.1, 0.15) is 0 Å². The second-order valence-corrected chi connectivity index (χ2v) is 7.37. The second-order valence-electron chi connectivity index (χ2n) is 7.37. The van der Waals surface area contributed by atoms with Gasteiger partial charge in [-0.2, -0.15) is 0 Å². The van der Waals surface area contributed by atoms with Gasteiger partial charge >= 0.3 is 0 Å². The zero-order valence-corrected chi connectivity index (χ0v) is 13.1. The van der Waals surface area contributed by atoms with E-state index in [0.29, 0.717) is 5.92 Å². The third-order valence-electron chi connectivity index (χ3n) is 6.13. The van der Waals surface area contributed by atoms with E-state index in [0.717, 1.165) is 11.8 Å². The van der Waals surface area contributed by atoms with Gasteiger partial charge in [0, 0.05) is 5.54 Å². The Morgan fingerprint density at radius 3 is 2.65 bits per heavy atom. The molecule has 1 heteroatoms. The first kappa shape index (κ1) is 14.1. The van der Waals surface area contributed by atoms with Gasteiger partial charge in [0.05, 0.1) is 0 Å². The number of nitrogens with two attached hydrogens (primary N) is 1. The number of hydrogen-bond acceptors (Lipinski definition) is 1. The lowest BCUT2D eigenvalue weighted by Crippen LogP contribution is -2.47. The third kappa shape index (κ3) is 2.41. The van der Waals surface area contributed by atoms with Gasteiger partial charge in [0.25, 0.3) is 0 Å². The first-order valence-electron chi connectivity index (χ1n) is 8.48. The SMILES string of the molecule is CC1CCC(C2(N)CCCCc3ccccc32)CC1C. The molecule has 20 heavy (non-hydrogen) atoms. The molecule has 1 fully saturated rings. The van der Waals surface area contributed by atoms with Crippen LogP contribution >= 0.6 is 0 Å². The minimum atomic E-state index is -0.0680. The molecule has 2 N–H and O–H groups in total. The quantitative estimate of drug-likeness (QED) is 0.740. The Kier molecular flexibility index (Phi) is 3.90. The average Bonchev–Trinajstić information content (AvgIpc) is 2.63. The highest BCUT2D eigenvalue weighted by Crippen LogP contribution is 2.46. The summed E-state index contributed by atoms with van der Waals surface area (Å²) in [5.74, 6) is 2.37. The van der Waals surface area contributed by atoms with E-state index < -0.39 is 0 Å². The fourth-order valence-corrected chi connectivity index (χ4v) is 4.50. The molecule has 0 amide bonds. The Bertz CT molecular complexity index is 467. The third-order valence-corrected chi connectivity index (χ3v) is 6.13. The van der Waals surface area contributed by atoms with E-state index in [4.69, 9.17) is 5.73 Å². The molecule has 1 nitrogen and oxygen atoms in total. The van der Waals surface area contributed by atoms with Gasteiger partial charge in [-0.15, -0.1) is 0 Å². The Morgan fingerprint density at radius 1 is 1.05 bits per heavy atom. The summed E-state index contributed by atoms with van der Waals surface area (Å²) in [6.45, 7) is 4.83. The van der Waals surface area contributed by atoms with Crippen LogP contribution in [-0.2, 0) is 12.0 Å². The monoisotopic (exact) mass is 271 g/mol. The maximum atomic E-state index is 7.05. The number of rotatable bonds is 1. The first-order valence-corrected chi connectivity index (χ1v) is 8.48. The van der Waals surface area contributed by atoms with Crippen molar-refractivity contribution in [3.05, 3.63) is 35.4 Å². The Morgan fingerprint density at radius 2 is 1.85 bits per heavy atom. The summed E-state index contributed by atoms with van der Waals surface area (Å²) in [6.07, 6.45) is 8.96. The van der Waals surface area contributed by atoms with Crippen molar-refractivity contribution in [2.75, 3.05) is 0 Å². The summed E-state index contributed by atoms with van der Waals surface area (Å²) in [4.78, 5) is 0. The van der Waals surface area contributed by atoms with Crippen molar-refractivity contribution >= 4 is 0 Å². The van der Waals surface area contributed by atoms with Gasteiger partial charge in [0.15, 0.2) is 0 Å². The van der Waals surface area contributed by atoms with Crippen molar-refractivity contribution in [1.29, 1.82) is 0 Å². The highest BCUT2D eigenvalue weighted by atomic mass is 14.8. The van der Waals surface area contributed by atoms with E-state index in [1.165, 1.54) is 56.1 Å². The summed E-state index contributed by atoms with van der Waals surface area (Å²) in [6, 6.07) is 8.97. The molecule has 2 aliphatic carbocycles. The molecule has 1 aromatic rings. The molecular formula is C19H29N. The van der Waals surface area contributed by atoms with Crippen LogP contribution in [0.25, 0.3) is 0 Å². The lowest BCUT2D eigenvalue weighted by Gasteiger charge is -2.44. The second kappa shape index (κ2) is 5.52. The summed E-state index contributed by atoms with van der Waals surface area (Å²) in [5, 5.41) is 0. The van der Waals surface area contributed by atoms with Crippen LogP contribution in [0.4, 0.5) is 0 Å². The van der Waals surface area contributed by atoms with E-state index in [1.54, 1.807) is 0 Å². The summed E-state index contributed by atoms with van der Waals surface area (Å²) < 4.78 is 0. The zero-order chi connectivity index (χ0) is 14.2. The number of aryl methyl sites for hydroxylation is 1. The summed E-state index contributed by atoms with van der Waals surface area (Å²) in [7, 11) is 0. The molecule has 0 aliphatic heterocycles. The molecule has 0 radical (unpaired) electrons. The van der Waals surface area contributed by atoms with Crippen LogP contribution in [0.5, 0.6) is 0 Å². The molecule has 0 bridgehead atoms. The minimum Gasteiger partial charge on any atom is -0.321 e. The van der Waals surface area contributed by atoms with Gasteiger partial charge in [-0.1, -0.05) is 51.0 Å². The molecule has 110 valence electrons. The van der Waals surface area contributed by atoms with Gasteiger partial charge in [-0.05, 0) is 61.0 Å². The fourth-order valence-electron chi connectivity index (χ4n) is 4.50. The zero-order valence-electron chi connectivity index (χ0n) is 13.1. The lowest BCUT2D eigenvalue weighted by atomic mass is 9.64. The predicted octanol–water partition coefficient (Wildman–Crippen LogP) is 4.64. The average molecular weight is 271 g/mol. The number of hydrogen-bond donors (Lipinski definition) is 1. The van der Waals surface area contributed by atoms with Gasteiger partial charge in [-0.25, -0.2) is 0 Å². The van der Waals surface area contributed by atoms with Crippen LogP contribution in [0.15, 0.2) is 24.3 Å². The van der Waals surface area contributed by atoms with Crippen molar-refractivity contribution in [3.63, 3.8) is 0 Å². The predicted molar refractivity (Wildman–Crippen MR) is 85.5 cm³/mol. The highest BCUT2D eigenvalue weighted by Gasteiger charge is 2.41. The molecule has 2 aliphatic rings. The van der Waals surface area contributed by atoms with E-state index in [9.17, 15) is 0 Å².